The van der Waals surface area contributed by atoms with Gasteiger partial charge in [-0.05, 0) is 36.4 Å². The topological polar surface area (TPSA) is 62.3 Å². The van der Waals surface area contributed by atoms with E-state index in [2.05, 4.69) is 26.2 Å². The van der Waals surface area contributed by atoms with E-state index in [1.54, 1.807) is 35.7 Å². The van der Waals surface area contributed by atoms with Gasteiger partial charge in [-0.25, -0.2) is 9.37 Å². The molecule has 2 aromatic carbocycles. The Labute approximate surface area is 184 Å². The van der Waals surface area contributed by atoms with Crippen LogP contribution in [0.15, 0.2) is 58.4 Å². The lowest BCUT2D eigenvalue weighted by molar-refractivity contribution is -0.116. The predicted octanol–water partition coefficient (Wildman–Crippen LogP) is 6.03. The molecule has 1 N–H and O–H groups in total. The number of thiazole rings is 1. The van der Waals surface area contributed by atoms with Crippen molar-refractivity contribution in [2.24, 2.45) is 0 Å². The molecule has 0 aliphatic rings. The van der Waals surface area contributed by atoms with Crippen LogP contribution in [0.25, 0.3) is 6.08 Å². The van der Waals surface area contributed by atoms with E-state index >= 15 is 0 Å². The molecule has 0 saturated heterocycles. The monoisotopic (exact) mass is 493 g/mol. The quantitative estimate of drug-likeness (QED) is 0.440. The van der Waals surface area contributed by atoms with Crippen LogP contribution in [0.4, 0.5) is 20.9 Å². The minimum Gasteiger partial charge on any atom is -0.321 e. The molecule has 0 saturated carbocycles. The number of carbonyl (C=O) groups is 2. The second-order valence-electron chi connectivity index (χ2n) is 5.81. The van der Waals surface area contributed by atoms with Crippen molar-refractivity contribution < 1.29 is 14.0 Å². The first-order valence-electron chi connectivity index (χ1n) is 8.30. The standard InChI is InChI=1S/C20H14BrClFN3O2S/c1-12(27)26(18-5-3-2-4-16(18)23)20-24-14(11-29-20)7-9-19(28)25-17-8-6-13(21)10-15(17)22/h2-11H,1H3,(H,25,28)/b9-7+. The number of halogens is 3. The van der Waals surface area contributed by atoms with E-state index in [-0.39, 0.29) is 17.5 Å². The van der Waals surface area contributed by atoms with E-state index < -0.39 is 5.82 Å². The summed E-state index contributed by atoms with van der Waals surface area (Å²) < 4.78 is 14.9. The first-order valence-corrected chi connectivity index (χ1v) is 10.3. The maximum atomic E-state index is 14.1. The highest BCUT2D eigenvalue weighted by atomic mass is 79.9. The minimum absolute atomic E-state index is 0.118. The fourth-order valence-corrected chi connectivity index (χ4v) is 3.99. The zero-order chi connectivity index (χ0) is 21.0. The summed E-state index contributed by atoms with van der Waals surface area (Å²) in [5.74, 6) is -1.29. The molecule has 9 heteroatoms. The van der Waals surface area contributed by atoms with Crippen LogP contribution < -0.4 is 10.2 Å². The van der Waals surface area contributed by atoms with E-state index in [9.17, 15) is 14.0 Å². The molecule has 2 amide bonds. The number of benzene rings is 2. The molecule has 3 aromatic rings. The summed E-state index contributed by atoms with van der Waals surface area (Å²) in [5.41, 5.74) is 1.06. The smallest absolute Gasteiger partial charge is 0.248 e. The number of para-hydroxylation sites is 1. The molecule has 148 valence electrons. The minimum atomic E-state index is -0.527. The molecule has 0 bridgehead atoms. The number of hydrogen-bond acceptors (Lipinski definition) is 4. The zero-order valence-corrected chi connectivity index (χ0v) is 18.2. The number of amides is 2. The van der Waals surface area contributed by atoms with Crippen molar-refractivity contribution in [1.29, 1.82) is 0 Å². The van der Waals surface area contributed by atoms with E-state index in [0.29, 0.717) is 21.5 Å². The summed E-state index contributed by atoms with van der Waals surface area (Å²) in [4.78, 5) is 29.7. The van der Waals surface area contributed by atoms with Gasteiger partial charge in [-0.15, -0.1) is 11.3 Å². The van der Waals surface area contributed by atoms with Gasteiger partial charge in [0.05, 0.1) is 22.1 Å². The summed E-state index contributed by atoms with van der Waals surface area (Å²) in [6.07, 6.45) is 2.81. The molecule has 3 rings (SSSR count). The fraction of sp³-hybridized carbons (Fsp3) is 0.0500. The summed E-state index contributed by atoms with van der Waals surface area (Å²) in [7, 11) is 0. The number of hydrogen-bond donors (Lipinski definition) is 1. The molecular formula is C20H14BrClFN3O2S. The van der Waals surface area contributed by atoms with E-state index in [4.69, 9.17) is 11.6 Å². The van der Waals surface area contributed by atoms with E-state index in [0.717, 1.165) is 4.47 Å². The number of rotatable bonds is 5. The SMILES string of the molecule is CC(=O)N(c1nc(/C=C/C(=O)Nc2ccc(Br)cc2Cl)cs1)c1ccccc1F. The largest absolute Gasteiger partial charge is 0.321 e. The lowest BCUT2D eigenvalue weighted by Gasteiger charge is -2.18. The Hall–Kier alpha value is -2.55. The maximum Gasteiger partial charge on any atom is 0.248 e. The Kier molecular flexibility index (Phi) is 6.79. The van der Waals surface area contributed by atoms with Crippen LogP contribution in [0.1, 0.15) is 12.6 Å². The average Bonchev–Trinajstić information content (AvgIpc) is 3.12. The van der Waals surface area contributed by atoms with Gasteiger partial charge in [0, 0.05) is 22.9 Å². The summed E-state index contributed by atoms with van der Waals surface area (Å²) in [5, 5.41) is 5.05. The van der Waals surface area contributed by atoms with Crippen molar-refractivity contribution in [2.45, 2.75) is 6.92 Å². The van der Waals surface area contributed by atoms with Crippen molar-refractivity contribution in [2.75, 3.05) is 10.2 Å². The fourth-order valence-electron chi connectivity index (χ4n) is 2.42. The van der Waals surface area contributed by atoms with Gasteiger partial charge in [0.2, 0.25) is 11.8 Å². The van der Waals surface area contributed by atoms with Crippen molar-refractivity contribution in [1.82, 2.24) is 4.98 Å². The molecule has 0 radical (unpaired) electrons. The second-order valence-corrected chi connectivity index (χ2v) is 7.97. The summed E-state index contributed by atoms with van der Waals surface area (Å²) in [6, 6.07) is 11.1. The number of carbonyl (C=O) groups excluding carboxylic acids is 2. The van der Waals surface area contributed by atoms with Gasteiger partial charge in [-0.2, -0.15) is 0 Å². The Balaban J connectivity index is 1.76. The Morgan fingerprint density at radius 1 is 1.28 bits per heavy atom. The van der Waals surface area contributed by atoms with Crippen LogP contribution in [-0.2, 0) is 9.59 Å². The molecule has 0 aliphatic carbocycles. The van der Waals surface area contributed by atoms with E-state index in [1.807, 2.05) is 0 Å². The van der Waals surface area contributed by atoms with Crippen molar-refractivity contribution >= 4 is 73.3 Å². The molecular weight excluding hydrogens is 481 g/mol. The van der Waals surface area contributed by atoms with E-state index in [1.165, 1.54) is 47.4 Å². The number of nitrogens with one attached hydrogen (secondary N) is 1. The third kappa shape index (κ3) is 5.29. The van der Waals surface area contributed by atoms with Gasteiger partial charge in [-0.3, -0.25) is 14.5 Å². The molecule has 0 spiro atoms. The van der Waals surface area contributed by atoms with Crippen LogP contribution in [0.3, 0.4) is 0 Å². The van der Waals surface area contributed by atoms with Crippen LogP contribution >= 0.6 is 38.9 Å². The number of nitrogens with zero attached hydrogens (tertiary/aromatic N) is 2. The second kappa shape index (κ2) is 9.30. The highest BCUT2D eigenvalue weighted by Crippen LogP contribution is 2.31. The molecule has 0 aliphatic heterocycles. The van der Waals surface area contributed by atoms with Crippen molar-refractivity contribution in [3.05, 3.63) is 74.9 Å². The molecule has 5 nitrogen and oxygen atoms in total. The first kappa shape index (κ1) is 21.2. The maximum absolute atomic E-state index is 14.1. The molecule has 29 heavy (non-hydrogen) atoms. The third-order valence-corrected chi connectivity index (χ3v) is 5.35. The molecule has 0 fully saturated rings. The Morgan fingerprint density at radius 2 is 2.03 bits per heavy atom. The highest BCUT2D eigenvalue weighted by molar-refractivity contribution is 9.10. The number of anilines is 3. The lowest BCUT2D eigenvalue weighted by Crippen LogP contribution is -2.23. The Morgan fingerprint density at radius 3 is 2.72 bits per heavy atom. The molecule has 0 atom stereocenters. The van der Waals surface area contributed by atoms with Gasteiger partial charge < -0.3 is 5.32 Å². The van der Waals surface area contributed by atoms with Crippen molar-refractivity contribution in [3.63, 3.8) is 0 Å². The van der Waals surface area contributed by atoms with Gasteiger partial charge >= 0.3 is 0 Å². The lowest BCUT2D eigenvalue weighted by atomic mass is 10.3. The van der Waals surface area contributed by atoms with Crippen LogP contribution in [0.5, 0.6) is 0 Å². The molecule has 1 aromatic heterocycles. The number of aromatic nitrogens is 1. The first-order chi connectivity index (χ1) is 13.8. The zero-order valence-electron chi connectivity index (χ0n) is 15.0. The highest BCUT2D eigenvalue weighted by Gasteiger charge is 2.20. The van der Waals surface area contributed by atoms with Crippen molar-refractivity contribution in [3.8, 4) is 0 Å². The predicted molar refractivity (Wildman–Crippen MR) is 118 cm³/mol. The Bertz CT molecular complexity index is 1100. The molecule has 1 heterocycles. The van der Waals surface area contributed by atoms with Crippen LogP contribution in [0, 0.1) is 5.82 Å². The summed E-state index contributed by atoms with van der Waals surface area (Å²) >= 11 is 10.5. The van der Waals surface area contributed by atoms with Crippen LogP contribution in [-0.4, -0.2) is 16.8 Å². The van der Waals surface area contributed by atoms with Gasteiger partial charge in [-0.1, -0.05) is 39.7 Å². The summed E-state index contributed by atoms with van der Waals surface area (Å²) in [6.45, 7) is 1.33. The molecule has 0 unspecified atom stereocenters. The third-order valence-electron chi connectivity index (χ3n) is 3.70. The average molecular weight is 495 g/mol. The van der Waals surface area contributed by atoms with Gasteiger partial charge in [0.25, 0.3) is 0 Å². The normalized spacial score (nSPS) is 10.9. The van der Waals surface area contributed by atoms with Crippen LogP contribution in [0.2, 0.25) is 5.02 Å². The van der Waals surface area contributed by atoms with Gasteiger partial charge in [0.1, 0.15) is 5.82 Å². The van der Waals surface area contributed by atoms with Gasteiger partial charge in [0.15, 0.2) is 5.13 Å².